The highest BCUT2D eigenvalue weighted by atomic mass is 28.3. The lowest BCUT2D eigenvalue weighted by Crippen LogP contribution is -2.16. The van der Waals surface area contributed by atoms with E-state index >= 15 is 0 Å². The van der Waals surface area contributed by atoms with E-state index in [0.717, 1.165) is 0 Å². The van der Waals surface area contributed by atoms with Crippen molar-refractivity contribution in [2.45, 2.75) is 46.0 Å². The van der Waals surface area contributed by atoms with Gasteiger partial charge in [-0.05, 0) is 20.8 Å². The van der Waals surface area contributed by atoms with Crippen LogP contribution in [0, 0.1) is 11.5 Å². The van der Waals surface area contributed by atoms with Crippen LogP contribution in [-0.4, -0.2) is 19.8 Å². The van der Waals surface area contributed by atoms with Crippen molar-refractivity contribution in [3.63, 3.8) is 0 Å². The average molecular weight is 181 g/mol. The van der Waals surface area contributed by atoms with Crippen molar-refractivity contribution < 1.29 is 0 Å². The van der Waals surface area contributed by atoms with E-state index in [0.29, 0.717) is 0 Å². The van der Waals surface area contributed by atoms with Crippen molar-refractivity contribution >= 4 is 14.3 Å². The lowest BCUT2D eigenvalue weighted by molar-refractivity contribution is 0.587. The van der Waals surface area contributed by atoms with Crippen molar-refractivity contribution in [3.8, 4) is 11.5 Å². The summed E-state index contributed by atoms with van der Waals surface area (Å²) in [5.41, 5.74) is 3.24. The maximum Gasteiger partial charge on any atom is 0.129 e. The fraction of sp³-hybridized carbons (Fsp3) is 0.700. The van der Waals surface area contributed by atoms with Crippen LogP contribution >= 0.6 is 0 Å². The second-order valence-electron chi connectivity index (χ2n) is 4.95. The zero-order valence-corrected chi connectivity index (χ0v) is 10.0. The van der Waals surface area contributed by atoms with Crippen molar-refractivity contribution in [1.29, 1.82) is 0 Å². The first-order valence-electron chi connectivity index (χ1n) is 4.27. The number of nitrogens with zero attached hydrogens (tertiary/aromatic N) is 1. The van der Waals surface area contributed by atoms with Crippen molar-refractivity contribution in [2.75, 3.05) is 0 Å². The van der Waals surface area contributed by atoms with Gasteiger partial charge in [-0.2, -0.15) is 0 Å². The Bertz CT molecular complexity index is 217. The SMILES string of the molecule is CC(C)(C)N=CC#C[Si](C)(C)C. The van der Waals surface area contributed by atoms with Crippen molar-refractivity contribution in [2.24, 2.45) is 4.99 Å². The summed E-state index contributed by atoms with van der Waals surface area (Å²) in [6.07, 6.45) is 1.73. The van der Waals surface area contributed by atoms with Gasteiger partial charge in [-0.15, -0.1) is 5.54 Å². The number of rotatable bonds is 0. The molecule has 0 aliphatic carbocycles. The Kier molecular flexibility index (Phi) is 3.73. The number of hydrogen-bond donors (Lipinski definition) is 0. The molecule has 0 unspecified atom stereocenters. The van der Waals surface area contributed by atoms with Gasteiger partial charge in [0, 0.05) is 0 Å². The van der Waals surface area contributed by atoms with Crippen molar-refractivity contribution in [1.82, 2.24) is 0 Å². The molecule has 0 spiro atoms. The predicted octanol–water partition coefficient (Wildman–Crippen LogP) is 2.74. The first kappa shape index (κ1) is 11.4. The molecule has 0 aromatic heterocycles. The molecule has 12 heavy (non-hydrogen) atoms. The molecule has 0 aliphatic heterocycles. The van der Waals surface area contributed by atoms with E-state index in [9.17, 15) is 0 Å². The molecule has 0 bridgehead atoms. The van der Waals surface area contributed by atoms with E-state index in [-0.39, 0.29) is 5.54 Å². The van der Waals surface area contributed by atoms with Gasteiger partial charge in [0.2, 0.25) is 0 Å². The molecule has 0 saturated heterocycles. The third-order valence-corrected chi connectivity index (χ3v) is 1.86. The molecule has 0 aliphatic rings. The summed E-state index contributed by atoms with van der Waals surface area (Å²) < 4.78 is 0. The Balaban J connectivity index is 4.13. The van der Waals surface area contributed by atoms with Gasteiger partial charge in [0.25, 0.3) is 0 Å². The Labute approximate surface area is 77.3 Å². The summed E-state index contributed by atoms with van der Waals surface area (Å²) in [6.45, 7) is 12.9. The molecular weight excluding hydrogens is 162 g/mol. The van der Waals surface area contributed by atoms with Crippen LogP contribution in [0.1, 0.15) is 20.8 Å². The summed E-state index contributed by atoms with van der Waals surface area (Å²) in [5.74, 6) is 3.00. The molecule has 2 heteroatoms. The van der Waals surface area contributed by atoms with E-state index in [4.69, 9.17) is 0 Å². The standard InChI is InChI=1S/C10H19NSi/c1-10(2,3)11-8-7-9-12(4,5)6/h8H,1-6H3. The molecule has 0 aromatic carbocycles. The summed E-state index contributed by atoms with van der Waals surface area (Å²) in [4.78, 5) is 4.28. The van der Waals surface area contributed by atoms with Gasteiger partial charge in [0.15, 0.2) is 0 Å². The fourth-order valence-corrected chi connectivity index (χ4v) is 0.972. The Morgan fingerprint density at radius 2 is 1.67 bits per heavy atom. The zero-order chi connectivity index (χ0) is 9.83. The normalized spacial score (nSPS) is 12.8. The van der Waals surface area contributed by atoms with Gasteiger partial charge in [-0.1, -0.05) is 25.6 Å². The summed E-state index contributed by atoms with van der Waals surface area (Å²) in [5, 5.41) is 0. The molecule has 0 heterocycles. The van der Waals surface area contributed by atoms with Gasteiger partial charge >= 0.3 is 0 Å². The van der Waals surface area contributed by atoms with Crippen LogP contribution in [0.3, 0.4) is 0 Å². The maximum atomic E-state index is 4.28. The van der Waals surface area contributed by atoms with Crippen LogP contribution in [-0.2, 0) is 0 Å². The van der Waals surface area contributed by atoms with Crippen LogP contribution in [0.5, 0.6) is 0 Å². The molecule has 0 fully saturated rings. The van der Waals surface area contributed by atoms with Crippen LogP contribution in [0.2, 0.25) is 19.6 Å². The largest absolute Gasteiger partial charge is 0.278 e. The topological polar surface area (TPSA) is 12.4 Å². The van der Waals surface area contributed by atoms with Crippen LogP contribution in [0.15, 0.2) is 4.99 Å². The van der Waals surface area contributed by atoms with Crippen LogP contribution in [0.4, 0.5) is 0 Å². The molecule has 1 nitrogen and oxygen atoms in total. The summed E-state index contributed by atoms with van der Waals surface area (Å²) in [7, 11) is -1.21. The van der Waals surface area contributed by atoms with Gasteiger partial charge < -0.3 is 0 Å². The summed E-state index contributed by atoms with van der Waals surface area (Å²) in [6, 6.07) is 0. The minimum atomic E-state index is -1.21. The Morgan fingerprint density at radius 3 is 2.00 bits per heavy atom. The van der Waals surface area contributed by atoms with Gasteiger partial charge in [-0.25, -0.2) is 0 Å². The molecular formula is C10H19NSi. The first-order valence-corrected chi connectivity index (χ1v) is 7.77. The number of hydrogen-bond acceptors (Lipinski definition) is 1. The molecule has 0 radical (unpaired) electrons. The lowest BCUT2D eigenvalue weighted by Gasteiger charge is -2.09. The van der Waals surface area contributed by atoms with Gasteiger partial charge in [-0.3, -0.25) is 4.99 Å². The molecule has 0 saturated carbocycles. The van der Waals surface area contributed by atoms with E-state index in [2.05, 4.69) is 56.9 Å². The quantitative estimate of drug-likeness (QED) is 0.309. The average Bonchev–Trinajstić information content (AvgIpc) is 1.76. The van der Waals surface area contributed by atoms with Gasteiger partial charge in [0.05, 0.1) is 11.8 Å². The van der Waals surface area contributed by atoms with E-state index in [1.807, 2.05) is 0 Å². The van der Waals surface area contributed by atoms with Crippen LogP contribution in [0.25, 0.3) is 0 Å². The van der Waals surface area contributed by atoms with Gasteiger partial charge in [0.1, 0.15) is 8.07 Å². The number of aliphatic imine (C=N–C) groups is 1. The zero-order valence-electron chi connectivity index (χ0n) is 9.02. The maximum absolute atomic E-state index is 4.28. The lowest BCUT2D eigenvalue weighted by atomic mass is 10.1. The molecule has 0 rings (SSSR count). The fourth-order valence-electron chi connectivity index (χ4n) is 0.475. The second-order valence-corrected chi connectivity index (χ2v) is 9.70. The Hall–Kier alpha value is -0.553. The minimum Gasteiger partial charge on any atom is -0.278 e. The van der Waals surface area contributed by atoms with Crippen molar-refractivity contribution in [3.05, 3.63) is 0 Å². The van der Waals surface area contributed by atoms with E-state index < -0.39 is 8.07 Å². The molecule has 0 N–H and O–H groups in total. The molecule has 0 aromatic rings. The molecule has 0 amide bonds. The first-order chi connectivity index (χ1) is 5.21. The minimum absolute atomic E-state index is 0.00806. The highest BCUT2D eigenvalue weighted by Gasteiger charge is 2.07. The third kappa shape index (κ3) is 9.45. The molecule has 68 valence electrons. The predicted molar refractivity (Wildman–Crippen MR) is 59.4 cm³/mol. The highest BCUT2D eigenvalue weighted by Crippen LogP contribution is 2.04. The summed E-state index contributed by atoms with van der Waals surface area (Å²) >= 11 is 0. The molecule has 0 atom stereocenters. The third-order valence-electron chi connectivity index (χ3n) is 0.964. The monoisotopic (exact) mass is 181 g/mol. The second kappa shape index (κ2) is 3.91. The van der Waals surface area contributed by atoms with E-state index in [1.165, 1.54) is 0 Å². The van der Waals surface area contributed by atoms with E-state index in [1.54, 1.807) is 6.21 Å². The van der Waals surface area contributed by atoms with Crippen LogP contribution < -0.4 is 0 Å². The smallest absolute Gasteiger partial charge is 0.129 e. The highest BCUT2D eigenvalue weighted by molar-refractivity contribution is 6.84. The Morgan fingerprint density at radius 1 is 1.17 bits per heavy atom.